The number of sulfonamides is 1. The van der Waals surface area contributed by atoms with Crippen LogP contribution in [0.3, 0.4) is 0 Å². The van der Waals surface area contributed by atoms with Gasteiger partial charge in [-0.3, -0.25) is 9.59 Å². The highest BCUT2D eigenvalue weighted by Crippen LogP contribution is 2.51. The van der Waals surface area contributed by atoms with E-state index in [4.69, 9.17) is 9.15 Å². The first kappa shape index (κ1) is 33.0. The van der Waals surface area contributed by atoms with Crippen LogP contribution in [0.1, 0.15) is 95.3 Å². The highest BCUT2D eigenvalue weighted by Gasteiger charge is 2.50. The first-order valence-corrected chi connectivity index (χ1v) is 16.9. The fraction of sp³-hybridized carbons (Fsp3) is 0.625. The molecule has 0 aromatic carbocycles. The molecule has 1 aliphatic heterocycles. The normalized spacial score (nSPS) is 22.4. The fourth-order valence-corrected chi connectivity index (χ4v) is 7.17. The van der Waals surface area contributed by atoms with E-state index < -0.39 is 21.1 Å². The Morgan fingerprint density at radius 1 is 1.28 bits per heavy atom. The number of furan rings is 1. The van der Waals surface area contributed by atoms with Crippen molar-refractivity contribution in [3.63, 3.8) is 0 Å². The van der Waals surface area contributed by atoms with E-state index in [1.165, 1.54) is 16.6 Å². The van der Waals surface area contributed by atoms with Gasteiger partial charge in [0.25, 0.3) is 5.91 Å². The number of nitrogens with one attached hydrogen (secondary N) is 2. The van der Waals surface area contributed by atoms with Crippen LogP contribution in [-0.2, 0) is 19.6 Å². The number of ether oxygens (including phenoxy) is 1. The summed E-state index contributed by atoms with van der Waals surface area (Å²) < 4.78 is 54.1. The van der Waals surface area contributed by atoms with Gasteiger partial charge >= 0.3 is 5.97 Å². The molecule has 4 rings (SSSR count). The molecular formula is C32H46FN3O6S. The Labute approximate surface area is 255 Å². The van der Waals surface area contributed by atoms with E-state index in [-0.39, 0.29) is 47.9 Å². The summed E-state index contributed by atoms with van der Waals surface area (Å²) in [4.78, 5) is 25.9. The number of esters is 1. The van der Waals surface area contributed by atoms with E-state index in [0.717, 1.165) is 18.4 Å². The largest absolute Gasteiger partial charge is 0.465 e. The van der Waals surface area contributed by atoms with E-state index in [1.54, 1.807) is 20.0 Å². The molecule has 2 N–H and O–H groups in total. The summed E-state index contributed by atoms with van der Waals surface area (Å²) in [6.45, 7) is 11.7. The molecule has 0 spiro atoms. The second-order valence-electron chi connectivity index (χ2n) is 13.4. The number of amides is 1. The van der Waals surface area contributed by atoms with Crippen molar-refractivity contribution < 1.29 is 31.6 Å². The van der Waals surface area contributed by atoms with Crippen LogP contribution in [0.5, 0.6) is 0 Å². The minimum atomic E-state index is -3.75. The van der Waals surface area contributed by atoms with E-state index in [9.17, 15) is 22.4 Å². The monoisotopic (exact) mass is 619 g/mol. The van der Waals surface area contributed by atoms with Crippen LogP contribution in [0.15, 0.2) is 28.0 Å². The summed E-state index contributed by atoms with van der Waals surface area (Å²) in [6.07, 6.45) is 9.13. The number of nitrogens with zero attached hydrogens (tertiary/aromatic N) is 1. The molecular weight excluding hydrogens is 573 g/mol. The Balaban J connectivity index is 1.69. The van der Waals surface area contributed by atoms with Crippen LogP contribution in [0.25, 0.3) is 11.6 Å². The lowest BCUT2D eigenvalue weighted by Gasteiger charge is -2.44. The molecule has 2 unspecified atom stereocenters. The second kappa shape index (κ2) is 12.2. The van der Waals surface area contributed by atoms with Crippen LogP contribution >= 0.6 is 0 Å². The van der Waals surface area contributed by atoms with Gasteiger partial charge in [-0.1, -0.05) is 26.8 Å². The number of carbonyl (C=O) groups is 2. The Bertz CT molecular complexity index is 1470. The van der Waals surface area contributed by atoms with Gasteiger partial charge in [0.1, 0.15) is 17.2 Å². The predicted molar refractivity (Wildman–Crippen MR) is 166 cm³/mol. The van der Waals surface area contributed by atoms with Gasteiger partial charge in [-0.05, 0) is 88.0 Å². The molecule has 1 saturated carbocycles. The lowest BCUT2D eigenvalue weighted by molar-refractivity contribution is -0.155. The number of hydrogen-bond donors (Lipinski definition) is 2. The first-order valence-electron chi connectivity index (χ1n) is 15.1. The summed E-state index contributed by atoms with van der Waals surface area (Å²) in [5.74, 6) is -0.247. The van der Waals surface area contributed by atoms with Crippen LogP contribution in [-0.4, -0.2) is 56.7 Å². The molecule has 2 heterocycles. The topological polar surface area (TPSA) is 118 Å². The minimum Gasteiger partial charge on any atom is -0.465 e. The fourth-order valence-electron chi connectivity index (χ4n) is 5.89. The lowest BCUT2D eigenvalue weighted by atomic mass is 9.86. The van der Waals surface area contributed by atoms with Crippen molar-refractivity contribution >= 4 is 39.4 Å². The maximum atomic E-state index is 14.2. The third-order valence-electron chi connectivity index (χ3n) is 8.53. The van der Waals surface area contributed by atoms with Crippen LogP contribution < -0.4 is 10.6 Å². The van der Waals surface area contributed by atoms with E-state index >= 15 is 0 Å². The van der Waals surface area contributed by atoms with E-state index in [0.29, 0.717) is 48.3 Å². The SMILES string of the molecule is CNC(=O)c1c(C2=CC=C(F)C(C)C2)oc2c1C=C(C1CC1)C(C)(N(CCCC(C)(C)C(=O)OCC(C)C)S(C)(=O)=O)N2. The summed E-state index contributed by atoms with van der Waals surface area (Å²) in [6, 6.07) is 0. The Morgan fingerprint density at radius 3 is 2.51 bits per heavy atom. The number of hydrogen-bond acceptors (Lipinski definition) is 7. The van der Waals surface area contributed by atoms with E-state index in [1.807, 2.05) is 40.7 Å². The minimum absolute atomic E-state index is 0.138. The van der Waals surface area contributed by atoms with Crippen molar-refractivity contribution in [3.05, 3.63) is 40.4 Å². The Morgan fingerprint density at radius 2 is 1.95 bits per heavy atom. The molecule has 1 amide bonds. The van der Waals surface area contributed by atoms with Gasteiger partial charge in [0.15, 0.2) is 0 Å². The zero-order chi connectivity index (χ0) is 31.9. The van der Waals surface area contributed by atoms with E-state index in [2.05, 4.69) is 10.6 Å². The number of rotatable bonds is 12. The quantitative estimate of drug-likeness (QED) is 0.271. The maximum Gasteiger partial charge on any atom is 0.311 e. The lowest BCUT2D eigenvalue weighted by Crippen LogP contribution is -2.57. The first-order chi connectivity index (χ1) is 20.0. The highest BCUT2D eigenvalue weighted by molar-refractivity contribution is 7.88. The third kappa shape index (κ3) is 6.93. The average molecular weight is 620 g/mol. The predicted octanol–water partition coefficient (Wildman–Crippen LogP) is 6.12. The van der Waals surface area contributed by atoms with Crippen molar-refractivity contribution in [2.45, 2.75) is 79.3 Å². The zero-order valence-corrected chi connectivity index (χ0v) is 27.4. The molecule has 9 nitrogen and oxygen atoms in total. The summed E-state index contributed by atoms with van der Waals surface area (Å²) in [5.41, 5.74) is 0.498. The number of carbonyl (C=O) groups excluding carboxylic acids is 2. The number of allylic oxidation sites excluding steroid dienone is 4. The van der Waals surface area contributed by atoms with Gasteiger partial charge in [0.05, 0.1) is 29.4 Å². The zero-order valence-electron chi connectivity index (χ0n) is 26.6. The molecule has 2 atom stereocenters. The van der Waals surface area contributed by atoms with Crippen LogP contribution in [0.4, 0.5) is 10.3 Å². The molecule has 0 radical (unpaired) electrons. The smallest absolute Gasteiger partial charge is 0.311 e. The summed E-state index contributed by atoms with van der Waals surface area (Å²) in [5, 5.41) is 6.07. The van der Waals surface area contributed by atoms with Gasteiger partial charge in [-0.2, -0.15) is 4.31 Å². The Kier molecular flexibility index (Phi) is 9.38. The van der Waals surface area contributed by atoms with Crippen molar-refractivity contribution in [2.24, 2.45) is 23.2 Å². The van der Waals surface area contributed by atoms with Crippen LogP contribution in [0.2, 0.25) is 0 Å². The van der Waals surface area contributed by atoms with Crippen molar-refractivity contribution in [1.82, 2.24) is 9.62 Å². The van der Waals surface area contributed by atoms with Crippen molar-refractivity contribution in [2.75, 3.05) is 31.8 Å². The van der Waals surface area contributed by atoms with Crippen molar-refractivity contribution in [3.8, 4) is 0 Å². The molecule has 11 heteroatoms. The van der Waals surface area contributed by atoms with Crippen LogP contribution in [0, 0.1) is 23.2 Å². The molecule has 1 fully saturated rings. The standard InChI is InChI=1S/C32H46FN3O6S/c1-19(2)18-41-30(38)31(4,5)14-9-15-36(43(8,39)40)32(6)24(21-10-11-21)17-23-26(28(37)34-7)27(42-29(23)35-32)22-12-13-25(33)20(3)16-22/h12-13,17,19-21,35H,9-11,14-16,18H2,1-8H3,(H,34,37). The molecule has 1 aromatic rings. The molecule has 1 aromatic heterocycles. The van der Waals surface area contributed by atoms with Crippen molar-refractivity contribution in [1.29, 1.82) is 0 Å². The van der Waals surface area contributed by atoms with Gasteiger partial charge < -0.3 is 19.8 Å². The summed E-state index contributed by atoms with van der Waals surface area (Å²) >= 11 is 0. The number of anilines is 1. The second-order valence-corrected chi connectivity index (χ2v) is 15.3. The Hall–Kier alpha value is -2.92. The molecule has 2 aliphatic carbocycles. The molecule has 0 bridgehead atoms. The van der Waals surface area contributed by atoms with Gasteiger partial charge in [-0.25, -0.2) is 12.8 Å². The third-order valence-corrected chi connectivity index (χ3v) is 9.88. The van der Waals surface area contributed by atoms with Gasteiger partial charge in [0, 0.05) is 19.5 Å². The highest BCUT2D eigenvalue weighted by atomic mass is 32.2. The molecule has 238 valence electrons. The van der Waals surface area contributed by atoms with Gasteiger partial charge in [0.2, 0.25) is 15.9 Å². The maximum absolute atomic E-state index is 14.2. The molecule has 43 heavy (non-hydrogen) atoms. The summed E-state index contributed by atoms with van der Waals surface area (Å²) in [7, 11) is -2.21. The van der Waals surface area contributed by atoms with Gasteiger partial charge in [-0.15, -0.1) is 0 Å². The number of fused-ring (bicyclic) bond motifs is 1. The average Bonchev–Trinajstić information content (AvgIpc) is 3.69. The molecule has 3 aliphatic rings. The molecule has 0 saturated heterocycles. The number of halogens is 1.